The maximum Gasteiger partial charge on any atom is 0.391 e. The van der Waals surface area contributed by atoms with Crippen LogP contribution >= 0.6 is 0 Å². The molecule has 17 heavy (non-hydrogen) atoms. The van der Waals surface area contributed by atoms with Gasteiger partial charge < -0.3 is 10.1 Å². The zero-order valence-electron chi connectivity index (χ0n) is 9.93. The minimum Gasteiger partial charge on any atom is -0.381 e. The molecule has 0 amide bonds. The Morgan fingerprint density at radius 3 is 2.47 bits per heavy atom. The Bertz CT molecular complexity index is 238. The van der Waals surface area contributed by atoms with E-state index in [2.05, 4.69) is 5.32 Å². The Hall–Kier alpha value is -0.290. The number of nitrogens with one attached hydrogen (secondary N) is 1. The maximum absolute atomic E-state index is 12.6. The molecule has 2 atom stereocenters. The van der Waals surface area contributed by atoms with Crippen molar-refractivity contribution >= 4 is 0 Å². The summed E-state index contributed by atoms with van der Waals surface area (Å²) in [5, 5.41) is 3.23. The smallest absolute Gasteiger partial charge is 0.381 e. The molecule has 0 radical (unpaired) electrons. The standard InChI is InChI=1S/C12H20F3NO/c13-12(14,15)10-1-4-16-11(8-10)7-9-2-5-17-6-3-9/h9-11,16H,1-8H2. The summed E-state index contributed by atoms with van der Waals surface area (Å²) in [7, 11) is 0. The lowest BCUT2D eigenvalue weighted by atomic mass is 9.84. The van der Waals surface area contributed by atoms with Crippen molar-refractivity contribution in [3.8, 4) is 0 Å². The fraction of sp³-hybridized carbons (Fsp3) is 1.00. The molecule has 2 heterocycles. The zero-order valence-corrected chi connectivity index (χ0v) is 9.93. The number of piperidine rings is 1. The molecule has 2 nitrogen and oxygen atoms in total. The summed E-state index contributed by atoms with van der Waals surface area (Å²) in [6, 6.07) is 0.0403. The molecular weight excluding hydrogens is 231 g/mol. The van der Waals surface area contributed by atoms with Crippen LogP contribution in [-0.2, 0) is 4.74 Å². The Morgan fingerprint density at radius 1 is 1.12 bits per heavy atom. The molecule has 1 N–H and O–H groups in total. The molecule has 2 saturated heterocycles. The first-order chi connectivity index (χ1) is 8.05. The lowest BCUT2D eigenvalue weighted by Crippen LogP contribution is -2.44. The summed E-state index contributed by atoms with van der Waals surface area (Å²) in [5.74, 6) is -0.568. The molecule has 2 aliphatic heterocycles. The first kappa shape index (κ1) is 13.1. The molecule has 0 aromatic heterocycles. The van der Waals surface area contributed by atoms with Crippen molar-refractivity contribution in [1.82, 2.24) is 5.32 Å². The van der Waals surface area contributed by atoms with E-state index < -0.39 is 12.1 Å². The molecule has 0 bridgehead atoms. The predicted molar refractivity (Wildman–Crippen MR) is 58.7 cm³/mol. The highest BCUT2D eigenvalue weighted by atomic mass is 19.4. The van der Waals surface area contributed by atoms with Crippen molar-refractivity contribution in [2.24, 2.45) is 11.8 Å². The fourth-order valence-electron chi connectivity index (χ4n) is 2.87. The van der Waals surface area contributed by atoms with Gasteiger partial charge in [-0.1, -0.05) is 0 Å². The van der Waals surface area contributed by atoms with Crippen LogP contribution in [0.25, 0.3) is 0 Å². The summed E-state index contributed by atoms with van der Waals surface area (Å²) in [5.41, 5.74) is 0. The Labute approximate surface area is 99.9 Å². The van der Waals surface area contributed by atoms with Gasteiger partial charge in [0.2, 0.25) is 0 Å². The second kappa shape index (κ2) is 5.57. The van der Waals surface area contributed by atoms with Crippen molar-refractivity contribution in [3.63, 3.8) is 0 Å². The number of ether oxygens (including phenoxy) is 1. The van der Waals surface area contributed by atoms with E-state index in [-0.39, 0.29) is 18.9 Å². The summed E-state index contributed by atoms with van der Waals surface area (Å²) in [6.45, 7) is 2.03. The maximum atomic E-state index is 12.6. The van der Waals surface area contributed by atoms with E-state index in [1.165, 1.54) is 0 Å². The van der Waals surface area contributed by atoms with Gasteiger partial charge in [-0.3, -0.25) is 0 Å². The van der Waals surface area contributed by atoms with Gasteiger partial charge in [-0.25, -0.2) is 0 Å². The minimum atomic E-state index is -4.02. The van der Waals surface area contributed by atoms with Gasteiger partial charge >= 0.3 is 6.18 Å². The van der Waals surface area contributed by atoms with Crippen molar-refractivity contribution < 1.29 is 17.9 Å². The van der Waals surface area contributed by atoms with E-state index in [0.29, 0.717) is 12.5 Å². The Balaban J connectivity index is 1.80. The molecule has 0 saturated carbocycles. The molecule has 0 aliphatic carbocycles. The van der Waals surface area contributed by atoms with Crippen LogP contribution < -0.4 is 5.32 Å². The monoisotopic (exact) mass is 251 g/mol. The first-order valence-electron chi connectivity index (χ1n) is 6.43. The summed E-state index contributed by atoms with van der Waals surface area (Å²) in [4.78, 5) is 0. The van der Waals surface area contributed by atoms with Crippen LogP contribution in [0, 0.1) is 11.8 Å². The molecular formula is C12H20F3NO. The van der Waals surface area contributed by atoms with E-state index in [1.54, 1.807) is 0 Å². The van der Waals surface area contributed by atoms with Crippen LogP contribution in [0.3, 0.4) is 0 Å². The van der Waals surface area contributed by atoms with Crippen molar-refractivity contribution in [2.45, 2.75) is 44.3 Å². The predicted octanol–water partition coefficient (Wildman–Crippen LogP) is 2.73. The molecule has 5 heteroatoms. The van der Waals surface area contributed by atoms with Gasteiger partial charge in [-0.05, 0) is 44.6 Å². The molecule has 2 rings (SSSR count). The highest BCUT2D eigenvalue weighted by Crippen LogP contribution is 2.35. The molecule has 2 aliphatic rings. The minimum absolute atomic E-state index is 0.0403. The third-order valence-corrected chi connectivity index (χ3v) is 3.92. The summed E-state index contributed by atoms with van der Waals surface area (Å²) < 4.78 is 43.2. The van der Waals surface area contributed by atoms with E-state index in [9.17, 15) is 13.2 Å². The van der Waals surface area contributed by atoms with Crippen molar-refractivity contribution in [3.05, 3.63) is 0 Å². The van der Waals surface area contributed by atoms with Gasteiger partial charge in [-0.2, -0.15) is 13.2 Å². The van der Waals surface area contributed by atoms with Crippen LogP contribution in [-0.4, -0.2) is 32.0 Å². The van der Waals surface area contributed by atoms with Crippen LogP contribution in [0.1, 0.15) is 32.1 Å². The second-order valence-electron chi connectivity index (χ2n) is 5.21. The molecule has 0 aromatic carbocycles. The third-order valence-electron chi connectivity index (χ3n) is 3.92. The fourth-order valence-corrected chi connectivity index (χ4v) is 2.87. The van der Waals surface area contributed by atoms with Crippen LogP contribution in [0.15, 0.2) is 0 Å². The number of rotatable bonds is 2. The van der Waals surface area contributed by atoms with Crippen molar-refractivity contribution in [1.29, 1.82) is 0 Å². The van der Waals surface area contributed by atoms with Crippen LogP contribution in [0.4, 0.5) is 13.2 Å². The highest BCUT2D eigenvalue weighted by Gasteiger charge is 2.42. The van der Waals surface area contributed by atoms with Crippen molar-refractivity contribution in [2.75, 3.05) is 19.8 Å². The van der Waals surface area contributed by atoms with Crippen LogP contribution in [0.2, 0.25) is 0 Å². The quantitative estimate of drug-likeness (QED) is 0.814. The van der Waals surface area contributed by atoms with Gasteiger partial charge in [0.15, 0.2) is 0 Å². The normalized spacial score (nSPS) is 32.6. The lowest BCUT2D eigenvalue weighted by molar-refractivity contribution is -0.183. The van der Waals surface area contributed by atoms with E-state index in [4.69, 9.17) is 4.74 Å². The van der Waals surface area contributed by atoms with E-state index >= 15 is 0 Å². The Kier molecular flexibility index (Phi) is 4.31. The van der Waals surface area contributed by atoms with Gasteiger partial charge in [0, 0.05) is 19.3 Å². The average Bonchev–Trinajstić information content (AvgIpc) is 2.29. The van der Waals surface area contributed by atoms with Gasteiger partial charge in [0.25, 0.3) is 0 Å². The number of hydrogen-bond acceptors (Lipinski definition) is 2. The Morgan fingerprint density at radius 2 is 1.82 bits per heavy atom. The number of alkyl halides is 3. The molecule has 2 unspecified atom stereocenters. The molecule has 2 fully saturated rings. The van der Waals surface area contributed by atoms with E-state index in [1.807, 2.05) is 0 Å². The number of halogens is 3. The van der Waals surface area contributed by atoms with E-state index in [0.717, 1.165) is 32.5 Å². The molecule has 0 aromatic rings. The number of hydrogen-bond donors (Lipinski definition) is 1. The summed E-state index contributed by atoms with van der Waals surface area (Å²) in [6.07, 6.45) is -0.676. The van der Waals surface area contributed by atoms with Gasteiger partial charge in [0.05, 0.1) is 5.92 Å². The SMILES string of the molecule is FC(F)(F)C1CCNC(CC2CCOCC2)C1. The van der Waals surface area contributed by atoms with Gasteiger partial charge in [0.1, 0.15) is 0 Å². The molecule has 0 spiro atoms. The van der Waals surface area contributed by atoms with Crippen LogP contribution in [0.5, 0.6) is 0 Å². The topological polar surface area (TPSA) is 21.3 Å². The zero-order chi connectivity index (χ0) is 12.3. The molecule has 100 valence electrons. The van der Waals surface area contributed by atoms with Gasteiger partial charge in [-0.15, -0.1) is 0 Å². The summed E-state index contributed by atoms with van der Waals surface area (Å²) >= 11 is 0. The third kappa shape index (κ3) is 3.85. The lowest BCUT2D eigenvalue weighted by Gasteiger charge is -2.34. The first-order valence-corrected chi connectivity index (χ1v) is 6.43. The second-order valence-corrected chi connectivity index (χ2v) is 5.21. The average molecular weight is 251 g/mol. The highest BCUT2D eigenvalue weighted by molar-refractivity contribution is 4.84. The largest absolute Gasteiger partial charge is 0.391 e.